The molecule has 0 bridgehead atoms. The lowest BCUT2D eigenvalue weighted by molar-refractivity contribution is 0.306. The van der Waals surface area contributed by atoms with Gasteiger partial charge in [-0.15, -0.1) is 10.2 Å². The van der Waals surface area contributed by atoms with E-state index in [9.17, 15) is 0 Å². The van der Waals surface area contributed by atoms with Crippen molar-refractivity contribution in [1.82, 2.24) is 30.6 Å². The standard InChI is InChI=1S/C26H17ClN6O2/c1-15(21-11-6-18-3-7-19(27)13-23(18)28-21)17-4-8-20(9-5-17)34-14-16-2-10-22-24(12-16)35-26(29-22)25-30-32-33-31-25/h2-13H,1,14H2,(H,30,31,32,33). The van der Waals surface area contributed by atoms with Gasteiger partial charge in [-0.25, -0.2) is 9.97 Å². The fraction of sp³-hybridized carbons (Fsp3) is 0.0385. The molecule has 1 N–H and O–H groups in total. The van der Waals surface area contributed by atoms with Crippen LogP contribution in [0.1, 0.15) is 16.8 Å². The van der Waals surface area contributed by atoms with Crippen LogP contribution in [0.4, 0.5) is 0 Å². The van der Waals surface area contributed by atoms with Crippen LogP contribution in [0, 0.1) is 0 Å². The molecule has 0 radical (unpaired) electrons. The second-order valence-electron chi connectivity index (χ2n) is 7.88. The van der Waals surface area contributed by atoms with Crippen molar-refractivity contribution < 1.29 is 9.15 Å². The lowest BCUT2D eigenvalue weighted by Crippen LogP contribution is -1.96. The van der Waals surface area contributed by atoms with Crippen molar-refractivity contribution in [2.75, 3.05) is 0 Å². The van der Waals surface area contributed by atoms with Crippen LogP contribution in [0.2, 0.25) is 5.02 Å². The maximum absolute atomic E-state index is 6.12. The van der Waals surface area contributed by atoms with Gasteiger partial charge in [-0.05, 0) is 58.8 Å². The molecule has 6 aromatic rings. The van der Waals surface area contributed by atoms with E-state index in [1.165, 1.54) is 0 Å². The van der Waals surface area contributed by atoms with Crippen molar-refractivity contribution in [3.8, 4) is 17.5 Å². The molecule has 35 heavy (non-hydrogen) atoms. The van der Waals surface area contributed by atoms with Gasteiger partial charge in [0.1, 0.15) is 17.9 Å². The summed E-state index contributed by atoms with van der Waals surface area (Å²) in [4.78, 5) is 9.09. The third-order valence-corrected chi connectivity index (χ3v) is 5.80. The molecule has 0 unspecified atom stereocenters. The Bertz CT molecular complexity index is 1680. The maximum atomic E-state index is 6.12. The Labute approximate surface area is 204 Å². The van der Waals surface area contributed by atoms with Gasteiger partial charge >= 0.3 is 0 Å². The van der Waals surface area contributed by atoms with Gasteiger partial charge < -0.3 is 9.15 Å². The normalized spacial score (nSPS) is 11.2. The van der Waals surface area contributed by atoms with E-state index in [0.29, 0.717) is 34.4 Å². The number of aromatic nitrogens is 6. The van der Waals surface area contributed by atoms with Crippen molar-refractivity contribution in [2.24, 2.45) is 0 Å². The zero-order valence-corrected chi connectivity index (χ0v) is 19.0. The van der Waals surface area contributed by atoms with E-state index in [-0.39, 0.29) is 0 Å². The molecule has 0 aliphatic carbocycles. The summed E-state index contributed by atoms with van der Waals surface area (Å²) in [6, 6.07) is 23.1. The lowest BCUT2D eigenvalue weighted by atomic mass is 10.0. The second-order valence-corrected chi connectivity index (χ2v) is 8.32. The number of benzene rings is 3. The van der Waals surface area contributed by atoms with Crippen molar-refractivity contribution in [3.63, 3.8) is 0 Å². The van der Waals surface area contributed by atoms with Gasteiger partial charge in [0.25, 0.3) is 11.7 Å². The fourth-order valence-corrected chi connectivity index (χ4v) is 3.90. The van der Waals surface area contributed by atoms with E-state index >= 15 is 0 Å². The van der Waals surface area contributed by atoms with Gasteiger partial charge in [0, 0.05) is 16.0 Å². The third kappa shape index (κ3) is 4.22. The summed E-state index contributed by atoms with van der Waals surface area (Å²) in [7, 11) is 0. The van der Waals surface area contributed by atoms with Crippen molar-refractivity contribution >= 4 is 39.2 Å². The highest BCUT2D eigenvalue weighted by Crippen LogP contribution is 2.27. The molecule has 170 valence electrons. The zero-order valence-electron chi connectivity index (χ0n) is 18.3. The van der Waals surface area contributed by atoms with E-state index < -0.39 is 0 Å². The zero-order chi connectivity index (χ0) is 23.8. The fourth-order valence-electron chi connectivity index (χ4n) is 3.73. The number of hydrogen-bond donors (Lipinski definition) is 1. The Hall–Kier alpha value is -4.56. The van der Waals surface area contributed by atoms with Gasteiger partial charge in [0.15, 0.2) is 5.58 Å². The molecule has 0 fully saturated rings. The summed E-state index contributed by atoms with van der Waals surface area (Å²) in [5.74, 6) is 1.36. The summed E-state index contributed by atoms with van der Waals surface area (Å²) >= 11 is 6.12. The highest BCUT2D eigenvalue weighted by Gasteiger charge is 2.13. The minimum Gasteiger partial charge on any atom is -0.489 e. The smallest absolute Gasteiger partial charge is 0.269 e. The number of rotatable bonds is 6. The van der Waals surface area contributed by atoms with Gasteiger partial charge in [-0.1, -0.05) is 48.5 Å². The number of aromatic amines is 1. The SMILES string of the molecule is C=C(c1ccc(OCc2ccc3nc(-c4nn[nH]n4)oc3c2)cc1)c1ccc2ccc(Cl)cc2n1. The summed E-state index contributed by atoms with van der Waals surface area (Å²) in [6.45, 7) is 4.61. The Morgan fingerprint density at radius 3 is 2.63 bits per heavy atom. The van der Waals surface area contributed by atoms with Crippen LogP contribution < -0.4 is 4.74 Å². The number of fused-ring (bicyclic) bond motifs is 2. The Morgan fingerprint density at radius 2 is 1.80 bits per heavy atom. The van der Waals surface area contributed by atoms with Crippen LogP contribution in [-0.2, 0) is 6.61 Å². The number of nitrogens with zero attached hydrogens (tertiary/aromatic N) is 5. The number of oxazole rings is 1. The predicted molar refractivity (Wildman–Crippen MR) is 133 cm³/mol. The third-order valence-electron chi connectivity index (χ3n) is 5.56. The summed E-state index contributed by atoms with van der Waals surface area (Å²) in [5, 5.41) is 15.4. The van der Waals surface area contributed by atoms with Crippen LogP contribution in [-0.4, -0.2) is 30.6 Å². The Balaban J connectivity index is 1.15. The van der Waals surface area contributed by atoms with Gasteiger partial charge in [0.2, 0.25) is 0 Å². The van der Waals surface area contributed by atoms with E-state index in [2.05, 4.69) is 32.2 Å². The number of nitrogens with one attached hydrogen (secondary N) is 1. The molecule has 0 spiro atoms. The molecular formula is C26H17ClN6O2. The van der Waals surface area contributed by atoms with E-state index in [0.717, 1.165) is 39.0 Å². The molecule has 0 aliphatic rings. The van der Waals surface area contributed by atoms with Gasteiger partial charge in [-0.2, -0.15) is 5.21 Å². The molecule has 3 aromatic heterocycles. The monoisotopic (exact) mass is 480 g/mol. The predicted octanol–water partition coefficient (Wildman–Crippen LogP) is 5.85. The highest BCUT2D eigenvalue weighted by molar-refractivity contribution is 6.31. The summed E-state index contributed by atoms with van der Waals surface area (Å²) in [6.07, 6.45) is 0. The largest absolute Gasteiger partial charge is 0.489 e. The summed E-state index contributed by atoms with van der Waals surface area (Å²) < 4.78 is 11.7. The number of H-pyrrole nitrogens is 1. The molecule has 0 atom stereocenters. The van der Waals surface area contributed by atoms with E-state index in [4.69, 9.17) is 25.7 Å². The molecule has 0 saturated carbocycles. The number of hydrogen-bond acceptors (Lipinski definition) is 7. The maximum Gasteiger partial charge on any atom is 0.269 e. The molecular weight excluding hydrogens is 464 g/mol. The first-order valence-electron chi connectivity index (χ1n) is 10.7. The topological polar surface area (TPSA) is 103 Å². The highest BCUT2D eigenvalue weighted by atomic mass is 35.5. The number of pyridine rings is 1. The van der Waals surface area contributed by atoms with Crippen molar-refractivity contribution in [3.05, 3.63) is 101 Å². The van der Waals surface area contributed by atoms with Crippen molar-refractivity contribution in [2.45, 2.75) is 6.61 Å². The quantitative estimate of drug-likeness (QED) is 0.319. The molecule has 9 heteroatoms. The molecule has 6 rings (SSSR count). The average molecular weight is 481 g/mol. The van der Waals surface area contributed by atoms with Crippen LogP contribution in [0.25, 0.3) is 39.3 Å². The van der Waals surface area contributed by atoms with E-state index in [1.807, 2.05) is 72.8 Å². The number of tetrazole rings is 1. The van der Waals surface area contributed by atoms with E-state index in [1.54, 1.807) is 0 Å². The lowest BCUT2D eigenvalue weighted by Gasteiger charge is -2.10. The molecule has 0 aliphatic heterocycles. The molecule has 0 amide bonds. The second kappa shape index (κ2) is 8.66. The molecule has 0 saturated heterocycles. The minimum atomic E-state index is 0.309. The first-order chi connectivity index (χ1) is 17.1. The van der Waals surface area contributed by atoms with Crippen LogP contribution in [0.3, 0.4) is 0 Å². The van der Waals surface area contributed by atoms with Gasteiger partial charge in [-0.3, -0.25) is 0 Å². The van der Waals surface area contributed by atoms with Crippen LogP contribution in [0.15, 0.2) is 83.8 Å². The summed E-state index contributed by atoms with van der Waals surface area (Å²) in [5.41, 5.74) is 5.71. The Morgan fingerprint density at radius 1 is 0.943 bits per heavy atom. The van der Waals surface area contributed by atoms with Crippen molar-refractivity contribution in [1.29, 1.82) is 0 Å². The average Bonchev–Trinajstić information content (AvgIpc) is 3.56. The first-order valence-corrected chi connectivity index (χ1v) is 11.1. The molecule has 3 aromatic carbocycles. The first kappa shape index (κ1) is 21.0. The molecule has 3 heterocycles. The Kier molecular flexibility index (Phi) is 5.20. The minimum absolute atomic E-state index is 0.309. The molecule has 8 nitrogen and oxygen atoms in total. The van der Waals surface area contributed by atoms with Crippen LogP contribution in [0.5, 0.6) is 5.75 Å². The van der Waals surface area contributed by atoms with Crippen LogP contribution >= 0.6 is 11.6 Å². The van der Waals surface area contributed by atoms with Gasteiger partial charge in [0.05, 0.1) is 11.2 Å². The number of halogens is 1. The number of ether oxygens (including phenoxy) is 1.